The van der Waals surface area contributed by atoms with Gasteiger partial charge in [0.25, 0.3) is 0 Å². The Hall–Kier alpha value is -2.49. The van der Waals surface area contributed by atoms with Gasteiger partial charge in [-0.2, -0.15) is 8.78 Å². The van der Waals surface area contributed by atoms with Gasteiger partial charge < -0.3 is 4.84 Å². The molecule has 2 aromatic carbocycles. The molecule has 4 heteroatoms. The first kappa shape index (κ1) is 14.4. The van der Waals surface area contributed by atoms with E-state index < -0.39 is 6.11 Å². The average molecular weight is 299 g/mol. The molecule has 0 radical (unpaired) electrons. The number of halogens is 2. The maximum atomic E-state index is 13.9. The van der Waals surface area contributed by atoms with Crippen LogP contribution in [0.2, 0.25) is 0 Å². The monoisotopic (exact) mass is 299 g/mol. The lowest BCUT2D eigenvalue weighted by Crippen LogP contribution is -2.20. The minimum absolute atomic E-state index is 0.158. The Morgan fingerprint density at radius 2 is 1.59 bits per heavy atom. The molecule has 1 heterocycles. The van der Waals surface area contributed by atoms with Gasteiger partial charge in [-0.25, -0.2) is 0 Å². The minimum atomic E-state index is -3.36. The summed E-state index contributed by atoms with van der Waals surface area (Å²) < 4.78 is 27.7. The largest absolute Gasteiger partial charge is 0.448 e. The molecule has 22 heavy (non-hydrogen) atoms. The van der Waals surface area contributed by atoms with Gasteiger partial charge >= 0.3 is 6.11 Å². The van der Waals surface area contributed by atoms with Crippen molar-refractivity contribution in [3.05, 3.63) is 83.4 Å². The lowest BCUT2D eigenvalue weighted by atomic mass is 10.00. The fraction of sp³-hybridized carbons (Fsp3) is 0.167. The zero-order chi connectivity index (χ0) is 15.4. The molecule has 112 valence electrons. The van der Waals surface area contributed by atoms with E-state index in [4.69, 9.17) is 0 Å². The predicted molar refractivity (Wildman–Crippen MR) is 81.9 cm³/mol. The van der Waals surface area contributed by atoms with Crippen LogP contribution in [0.4, 0.5) is 8.78 Å². The molecule has 0 aromatic heterocycles. The number of alkyl halides is 2. The molecule has 0 N–H and O–H groups in total. The number of nitrogens with zero attached hydrogens (tertiary/aromatic N) is 1. The van der Waals surface area contributed by atoms with Gasteiger partial charge in [0.1, 0.15) is 5.71 Å². The molecule has 0 spiro atoms. The highest BCUT2D eigenvalue weighted by atomic mass is 19.3. The smallest absolute Gasteiger partial charge is 0.318 e. The Kier molecular flexibility index (Phi) is 4.00. The molecule has 1 aliphatic heterocycles. The van der Waals surface area contributed by atoms with Crippen molar-refractivity contribution in [1.82, 2.24) is 0 Å². The van der Waals surface area contributed by atoms with E-state index in [0.717, 1.165) is 5.56 Å². The van der Waals surface area contributed by atoms with Crippen molar-refractivity contribution in [2.75, 3.05) is 0 Å². The number of hydrogen-bond donors (Lipinski definition) is 0. The summed E-state index contributed by atoms with van der Waals surface area (Å²) in [6, 6.07) is 18.7. The second-order valence-electron chi connectivity index (χ2n) is 5.06. The van der Waals surface area contributed by atoms with Crippen LogP contribution < -0.4 is 0 Å². The SMILES string of the molecule is FC1(F)ON=C(c2ccccc2)/C1=C\CCc1ccccc1. The fourth-order valence-corrected chi connectivity index (χ4v) is 2.39. The standard InChI is InChI=1S/C18H15F2NO/c19-18(20)16(13-7-10-14-8-3-1-4-9-14)17(21-22-18)15-11-5-2-6-12-15/h1-6,8-9,11-13H,7,10H2/b16-13+. The second-order valence-corrected chi connectivity index (χ2v) is 5.06. The molecule has 0 saturated heterocycles. The molecule has 0 aliphatic carbocycles. The molecule has 0 atom stereocenters. The van der Waals surface area contributed by atoms with E-state index in [1.54, 1.807) is 24.3 Å². The van der Waals surface area contributed by atoms with Gasteiger partial charge in [0.05, 0.1) is 5.57 Å². The summed E-state index contributed by atoms with van der Waals surface area (Å²) in [7, 11) is 0. The molecule has 2 aromatic rings. The highest BCUT2D eigenvalue weighted by Crippen LogP contribution is 2.35. The van der Waals surface area contributed by atoms with Gasteiger partial charge in [-0.15, -0.1) is 0 Å². The zero-order valence-electron chi connectivity index (χ0n) is 11.9. The van der Waals surface area contributed by atoms with E-state index in [9.17, 15) is 8.78 Å². The Morgan fingerprint density at radius 1 is 0.955 bits per heavy atom. The lowest BCUT2D eigenvalue weighted by molar-refractivity contribution is -0.194. The molecule has 0 unspecified atom stereocenters. The van der Waals surface area contributed by atoms with Crippen LogP contribution in [0.15, 0.2) is 77.5 Å². The van der Waals surface area contributed by atoms with Crippen LogP contribution in [0.1, 0.15) is 17.5 Å². The molecule has 0 fully saturated rings. The average Bonchev–Trinajstić information content (AvgIpc) is 2.84. The second kappa shape index (κ2) is 6.10. The van der Waals surface area contributed by atoms with E-state index in [-0.39, 0.29) is 11.3 Å². The van der Waals surface area contributed by atoms with Crippen molar-refractivity contribution in [3.8, 4) is 0 Å². The van der Waals surface area contributed by atoms with Gasteiger partial charge in [0, 0.05) is 5.56 Å². The molecule has 0 amide bonds. The van der Waals surface area contributed by atoms with Crippen LogP contribution in [0.25, 0.3) is 0 Å². The van der Waals surface area contributed by atoms with Crippen LogP contribution in [-0.2, 0) is 11.3 Å². The van der Waals surface area contributed by atoms with E-state index in [0.29, 0.717) is 18.4 Å². The van der Waals surface area contributed by atoms with Crippen molar-refractivity contribution >= 4 is 5.71 Å². The van der Waals surface area contributed by atoms with Crippen LogP contribution >= 0.6 is 0 Å². The first-order valence-electron chi connectivity index (χ1n) is 7.11. The summed E-state index contributed by atoms with van der Waals surface area (Å²) in [6.45, 7) is 0. The molecule has 3 rings (SSSR count). The molecule has 0 bridgehead atoms. The van der Waals surface area contributed by atoms with Gasteiger partial charge in [-0.05, 0) is 18.4 Å². The first-order chi connectivity index (χ1) is 10.7. The predicted octanol–water partition coefficient (Wildman–Crippen LogP) is 4.57. The third-order valence-electron chi connectivity index (χ3n) is 3.49. The minimum Gasteiger partial charge on any atom is -0.318 e. The van der Waals surface area contributed by atoms with Gasteiger partial charge in [-0.1, -0.05) is 71.9 Å². The number of rotatable bonds is 4. The summed E-state index contributed by atoms with van der Waals surface area (Å²) >= 11 is 0. The maximum absolute atomic E-state index is 13.9. The van der Waals surface area contributed by atoms with Gasteiger partial charge in [0.15, 0.2) is 0 Å². The first-order valence-corrected chi connectivity index (χ1v) is 7.11. The van der Waals surface area contributed by atoms with E-state index in [1.165, 1.54) is 6.08 Å². The van der Waals surface area contributed by atoms with Crippen molar-refractivity contribution in [2.45, 2.75) is 19.0 Å². The highest BCUT2D eigenvalue weighted by molar-refractivity contribution is 6.14. The Labute approximate surface area is 127 Å². The summed E-state index contributed by atoms with van der Waals surface area (Å²) in [6.07, 6.45) is -0.639. The number of aryl methyl sites for hydroxylation is 1. The topological polar surface area (TPSA) is 21.6 Å². The summed E-state index contributed by atoms with van der Waals surface area (Å²) in [5, 5.41) is 3.56. The van der Waals surface area contributed by atoms with Gasteiger partial charge in [0.2, 0.25) is 0 Å². The highest BCUT2D eigenvalue weighted by Gasteiger charge is 2.45. The van der Waals surface area contributed by atoms with E-state index >= 15 is 0 Å². The van der Waals surface area contributed by atoms with Crippen molar-refractivity contribution < 1.29 is 13.6 Å². The Balaban J connectivity index is 1.79. The summed E-state index contributed by atoms with van der Waals surface area (Å²) in [5.74, 6) is 0. The number of allylic oxidation sites excluding steroid dienone is 1. The Morgan fingerprint density at radius 3 is 2.27 bits per heavy atom. The van der Waals surface area contributed by atoms with Crippen LogP contribution in [0.5, 0.6) is 0 Å². The third kappa shape index (κ3) is 3.06. The Bertz CT molecular complexity index is 694. The van der Waals surface area contributed by atoms with Gasteiger partial charge in [-0.3, -0.25) is 0 Å². The van der Waals surface area contributed by atoms with Crippen LogP contribution in [0.3, 0.4) is 0 Å². The molecular weight excluding hydrogens is 284 g/mol. The van der Waals surface area contributed by atoms with E-state index in [2.05, 4.69) is 9.99 Å². The number of benzene rings is 2. The van der Waals surface area contributed by atoms with Crippen LogP contribution in [0, 0.1) is 0 Å². The number of oxime groups is 1. The fourth-order valence-electron chi connectivity index (χ4n) is 2.39. The van der Waals surface area contributed by atoms with Crippen LogP contribution in [-0.4, -0.2) is 11.8 Å². The molecular formula is C18H15F2NO. The zero-order valence-corrected chi connectivity index (χ0v) is 11.9. The van der Waals surface area contributed by atoms with Crippen molar-refractivity contribution in [3.63, 3.8) is 0 Å². The summed E-state index contributed by atoms with van der Waals surface area (Å²) in [5.41, 5.74) is 1.79. The third-order valence-corrected chi connectivity index (χ3v) is 3.49. The van der Waals surface area contributed by atoms with Crippen molar-refractivity contribution in [2.24, 2.45) is 5.16 Å². The van der Waals surface area contributed by atoms with E-state index in [1.807, 2.05) is 36.4 Å². The number of hydrogen-bond acceptors (Lipinski definition) is 2. The molecule has 2 nitrogen and oxygen atoms in total. The maximum Gasteiger partial charge on any atom is 0.448 e. The molecule has 1 aliphatic rings. The lowest BCUT2D eigenvalue weighted by Gasteiger charge is -2.09. The summed E-state index contributed by atoms with van der Waals surface area (Å²) in [4.78, 5) is 4.31. The quantitative estimate of drug-likeness (QED) is 0.810. The van der Waals surface area contributed by atoms with Crippen molar-refractivity contribution in [1.29, 1.82) is 0 Å². The molecule has 0 saturated carbocycles. The normalized spacial score (nSPS) is 18.1.